The summed E-state index contributed by atoms with van der Waals surface area (Å²) in [4.78, 5) is 0. The Kier molecular flexibility index (Phi) is 12.0. The van der Waals surface area contributed by atoms with Crippen LogP contribution in [0.2, 0.25) is 0 Å². The number of rotatable bonds is 12. The number of hydrogen-bond donors (Lipinski definition) is 1. The van der Waals surface area contributed by atoms with E-state index in [9.17, 15) is 5.11 Å². The first kappa shape index (κ1) is 16.7. The van der Waals surface area contributed by atoms with Gasteiger partial charge < -0.3 is 5.11 Å². The molecule has 0 amide bonds. The van der Waals surface area contributed by atoms with Crippen LogP contribution in [0.3, 0.4) is 0 Å². The molecule has 1 N–H and O–H groups in total. The zero-order valence-corrected chi connectivity index (χ0v) is 12.0. The highest BCUT2D eigenvalue weighted by atomic mass is 16.3. The first-order chi connectivity index (χ1) is 8.26. The van der Waals surface area contributed by atoms with E-state index in [0.717, 1.165) is 19.3 Å². The smallest absolute Gasteiger partial charge is 0.0568 e. The lowest BCUT2D eigenvalue weighted by Crippen LogP contribution is -2.20. The summed E-state index contributed by atoms with van der Waals surface area (Å²) in [5.74, 6) is 0.534. The average Bonchev–Trinajstić information content (AvgIpc) is 2.33. The molecule has 17 heavy (non-hydrogen) atoms. The predicted octanol–water partition coefficient (Wildman–Crippen LogP) is 5.09. The summed E-state index contributed by atoms with van der Waals surface area (Å²) in [6.45, 7) is 8.20. The zero-order chi connectivity index (χ0) is 12.9. The molecule has 0 bridgehead atoms. The number of hydrogen-bond acceptors (Lipinski definition) is 1. The maximum atomic E-state index is 10.2. The normalized spacial score (nSPS) is 14.5. The molecule has 1 nitrogen and oxygen atoms in total. The minimum atomic E-state index is -0.0849. The highest BCUT2D eigenvalue weighted by Crippen LogP contribution is 2.23. The summed E-state index contributed by atoms with van der Waals surface area (Å²) in [6.07, 6.45) is 13.7. The molecule has 0 spiro atoms. The van der Waals surface area contributed by atoms with Crippen LogP contribution >= 0.6 is 0 Å². The van der Waals surface area contributed by atoms with Gasteiger partial charge in [-0.1, -0.05) is 52.0 Å². The summed E-state index contributed by atoms with van der Waals surface area (Å²) in [5, 5.41) is 10.2. The van der Waals surface area contributed by atoms with Gasteiger partial charge in [-0.15, -0.1) is 6.58 Å². The van der Waals surface area contributed by atoms with Gasteiger partial charge in [-0.3, -0.25) is 0 Å². The Labute approximate surface area is 108 Å². The molecular weight excluding hydrogens is 208 g/mol. The first-order valence-corrected chi connectivity index (χ1v) is 7.55. The fourth-order valence-corrected chi connectivity index (χ4v) is 2.36. The molecule has 1 heteroatoms. The third kappa shape index (κ3) is 9.41. The minimum Gasteiger partial charge on any atom is -0.393 e. The van der Waals surface area contributed by atoms with E-state index in [1.165, 1.54) is 44.9 Å². The second-order valence-corrected chi connectivity index (χ2v) is 5.19. The van der Waals surface area contributed by atoms with Gasteiger partial charge in [0.1, 0.15) is 0 Å². The molecule has 2 unspecified atom stereocenters. The van der Waals surface area contributed by atoms with Crippen LogP contribution in [-0.4, -0.2) is 11.2 Å². The molecule has 0 aliphatic rings. The van der Waals surface area contributed by atoms with E-state index in [2.05, 4.69) is 20.4 Å². The van der Waals surface area contributed by atoms with Crippen molar-refractivity contribution in [2.75, 3.05) is 0 Å². The average molecular weight is 240 g/mol. The summed E-state index contributed by atoms with van der Waals surface area (Å²) in [5.41, 5.74) is 0. The van der Waals surface area contributed by atoms with Crippen LogP contribution < -0.4 is 0 Å². The van der Waals surface area contributed by atoms with Crippen LogP contribution in [0.1, 0.15) is 78.1 Å². The van der Waals surface area contributed by atoms with Crippen molar-refractivity contribution >= 4 is 0 Å². The van der Waals surface area contributed by atoms with Crippen LogP contribution in [0, 0.1) is 5.92 Å². The molecule has 0 aromatic rings. The van der Waals surface area contributed by atoms with Crippen molar-refractivity contribution in [3.8, 4) is 0 Å². The van der Waals surface area contributed by atoms with E-state index in [-0.39, 0.29) is 6.10 Å². The van der Waals surface area contributed by atoms with Gasteiger partial charge in [0.05, 0.1) is 6.10 Å². The van der Waals surface area contributed by atoms with E-state index in [1.54, 1.807) is 0 Å². The van der Waals surface area contributed by atoms with E-state index >= 15 is 0 Å². The lowest BCUT2D eigenvalue weighted by molar-refractivity contribution is 0.0843. The Bertz CT molecular complexity index is 165. The second-order valence-electron chi connectivity index (χ2n) is 5.19. The van der Waals surface area contributed by atoms with Crippen molar-refractivity contribution in [3.63, 3.8) is 0 Å². The van der Waals surface area contributed by atoms with E-state index in [1.807, 2.05) is 6.08 Å². The molecule has 0 heterocycles. The maximum absolute atomic E-state index is 10.2. The first-order valence-electron chi connectivity index (χ1n) is 7.55. The van der Waals surface area contributed by atoms with Gasteiger partial charge in [0, 0.05) is 0 Å². The van der Waals surface area contributed by atoms with Gasteiger partial charge in [-0.05, 0) is 38.0 Å². The summed E-state index contributed by atoms with van der Waals surface area (Å²) in [6, 6.07) is 0. The SMILES string of the molecule is C=CCCCC(O)C(CCCC)CCCCC. The van der Waals surface area contributed by atoms with Crippen LogP contribution in [0.4, 0.5) is 0 Å². The Morgan fingerprint density at radius 2 is 1.59 bits per heavy atom. The van der Waals surface area contributed by atoms with Crippen LogP contribution in [0.25, 0.3) is 0 Å². The lowest BCUT2D eigenvalue weighted by atomic mass is 9.88. The zero-order valence-electron chi connectivity index (χ0n) is 12.0. The lowest BCUT2D eigenvalue weighted by Gasteiger charge is -2.22. The molecule has 0 saturated heterocycles. The Morgan fingerprint density at radius 3 is 2.18 bits per heavy atom. The van der Waals surface area contributed by atoms with Gasteiger partial charge >= 0.3 is 0 Å². The van der Waals surface area contributed by atoms with Crippen molar-refractivity contribution in [3.05, 3.63) is 12.7 Å². The molecule has 0 aromatic heterocycles. The molecular formula is C16H32O. The largest absolute Gasteiger partial charge is 0.393 e. The molecule has 0 saturated carbocycles. The quantitative estimate of drug-likeness (QED) is 0.372. The molecule has 102 valence electrons. The van der Waals surface area contributed by atoms with Crippen molar-refractivity contribution in [1.82, 2.24) is 0 Å². The molecule has 0 aromatic carbocycles. The van der Waals surface area contributed by atoms with Gasteiger partial charge in [0.25, 0.3) is 0 Å². The predicted molar refractivity (Wildman–Crippen MR) is 77.2 cm³/mol. The van der Waals surface area contributed by atoms with Crippen molar-refractivity contribution in [2.24, 2.45) is 5.92 Å². The van der Waals surface area contributed by atoms with E-state index in [0.29, 0.717) is 5.92 Å². The fourth-order valence-electron chi connectivity index (χ4n) is 2.36. The monoisotopic (exact) mass is 240 g/mol. The second kappa shape index (κ2) is 12.2. The van der Waals surface area contributed by atoms with Crippen LogP contribution in [0.15, 0.2) is 12.7 Å². The number of aliphatic hydroxyl groups excluding tert-OH is 1. The molecule has 0 aliphatic carbocycles. The van der Waals surface area contributed by atoms with Crippen molar-refractivity contribution in [1.29, 1.82) is 0 Å². The molecule has 0 rings (SSSR count). The minimum absolute atomic E-state index is 0.0849. The molecule has 2 atom stereocenters. The van der Waals surface area contributed by atoms with Gasteiger partial charge in [-0.25, -0.2) is 0 Å². The van der Waals surface area contributed by atoms with E-state index < -0.39 is 0 Å². The van der Waals surface area contributed by atoms with Gasteiger partial charge in [-0.2, -0.15) is 0 Å². The number of unbranched alkanes of at least 4 members (excludes halogenated alkanes) is 4. The van der Waals surface area contributed by atoms with Crippen molar-refractivity contribution in [2.45, 2.75) is 84.2 Å². The summed E-state index contributed by atoms with van der Waals surface area (Å²) in [7, 11) is 0. The standard InChI is InChI=1S/C16H32O/c1-4-7-10-13-15(12-9-6-3)16(17)14-11-8-5-2/h5,15-17H,2,4,6-14H2,1,3H3. The molecule has 0 aliphatic heterocycles. The fraction of sp³-hybridized carbons (Fsp3) is 0.875. The van der Waals surface area contributed by atoms with Crippen molar-refractivity contribution < 1.29 is 5.11 Å². The molecule has 0 radical (unpaired) electrons. The Hall–Kier alpha value is -0.300. The highest BCUT2D eigenvalue weighted by Gasteiger charge is 2.17. The highest BCUT2D eigenvalue weighted by molar-refractivity contribution is 4.72. The Balaban J connectivity index is 3.90. The Morgan fingerprint density at radius 1 is 0.941 bits per heavy atom. The van der Waals surface area contributed by atoms with Gasteiger partial charge in [0.2, 0.25) is 0 Å². The third-order valence-corrected chi connectivity index (χ3v) is 3.56. The number of aliphatic hydroxyl groups is 1. The van der Waals surface area contributed by atoms with Crippen LogP contribution in [-0.2, 0) is 0 Å². The van der Waals surface area contributed by atoms with Crippen LogP contribution in [0.5, 0.6) is 0 Å². The molecule has 0 fully saturated rings. The topological polar surface area (TPSA) is 20.2 Å². The maximum Gasteiger partial charge on any atom is 0.0568 e. The third-order valence-electron chi connectivity index (χ3n) is 3.56. The summed E-state index contributed by atoms with van der Waals surface area (Å²) >= 11 is 0. The van der Waals surface area contributed by atoms with E-state index in [4.69, 9.17) is 0 Å². The van der Waals surface area contributed by atoms with Gasteiger partial charge in [0.15, 0.2) is 0 Å². The summed E-state index contributed by atoms with van der Waals surface area (Å²) < 4.78 is 0. The number of allylic oxidation sites excluding steroid dienone is 1.